The van der Waals surface area contributed by atoms with Crippen molar-refractivity contribution in [2.24, 2.45) is 0 Å². The number of benzene rings is 4. The third kappa shape index (κ3) is 7.04. The van der Waals surface area contributed by atoms with Crippen molar-refractivity contribution in [2.75, 3.05) is 18.5 Å². The standard InChI is InChI=1S/C29H28N2O4S/c32-29(27-13-7-8-14-28(27)35-22-20-24-11-5-2-6-12-24)31-25-15-17-26(18-16-25)36(33,34)30-21-19-23-9-3-1-4-10-23/h1-18,30H,19-22H2,(H,31,32). The second-order valence-corrected chi connectivity index (χ2v) is 9.96. The van der Waals surface area contributed by atoms with E-state index in [-0.39, 0.29) is 10.8 Å². The van der Waals surface area contributed by atoms with Crippen LogP contribution in [0.15, 0.2) is 114 Å². The Labute approximate surface area is 212 Å². The fraction of sp³-hybridized carbons (Fsp3) is 0.138. The number of nitrogens with one attached hydrogen (secondary N) is 2. The molecule has 0 saturated heterocycles. The van der Waals surface area contributed by atoms with Gasteiger partial charge in [0, 0.05) is 18.7 Å². The van der Waals surface area contributed by atoms with Crippen LogP contribution in [-0.2, 0) is 22.9 Å². The van der Waals surface area contributed by atoms with Gasteiger partial charge in [-0.2, -0.15) is 0 Å². The molecule has 184 valence electrons. The molecule has 4 aromatic rings. The Kier molecular flexibility index (Phi) is 8.49. The van der Waals surface area contributed by atoms with Gasteiger partial charge in [0.1, 0.15) is 5.75 Å². The highest BCUT2D eigenvalue weighted by molar-refractivity contribution is 7.89. The van der Waals surface area contributed by atoms with Gasteiger partial charge in [0.05, 0.1) is 17.1 Å². The Morgan fingerprint density at radius 1 is 0.694 bits per heavy atom. The Balaban J connectivity index is 1.33. The molecule has 7 heteroatoms. The molecule has 0 aromatic heterocycles. The van der Waals surface area contributed by atoms with Crippen LogP contribution in [0.25, 0.3) is 0 Å². The van der Waals surface area contributed by atoms with Crippen LogP contribution in [0.5, 0.6) is 5.75 Å². The van der Waals surface area contributed by atoms with Gasteiger partial charge in [-0.05, 0) is 53.9 Å². The van der Waals surface area contributed by atoms with Crippen molar-refractivity contribution in [3.05, 3.63) is 126 Å². The van der Waals surface area contributed by atoms with Crippen molar-refractivity contribution in [1.29, 1.82) is 0 Å². The third-order valence-electron chi connectivity index (χ3n) is 5.59. The number of amides is 1. The lowest BCUT2D eigenvalue weighted by molar-refractivity contribution is 0.102. The lowest BCUT2D eigenvalue weighted by Gasteiger charge is -2.12. The molecule has 0 fully saturated rings. The summed E-state index contributed by atoms with van der Waals surface area (Å²) in [5.74, 6) is 0.162. The van der Waals surface area contributed by atoms with Crippen LogP contribution in [-0.4, -0.2) is 27.5 Å². The average Bonchev–Trinajstić information content (AvgIpc) is 2.90. The topological polar surface area (TPSA) is 84.5 Å². The predicted octanol–water partition coefficient (Wildman–Crippen LogP) is 5.08. The summed E-state index contributed by atoms with van der Waals surface area (Å²) in [7, 11) is -3.65. The minimum atomic E-state index is -3.65. The zero-order valence-corrected chi connectivity index (χ0v) is 20.6. The van der Waals surface area contributed by atoms with Crippen LogP contribution < -0.4 is 14.8 Å². The molecule has 2 N–H and O–H groups in total. The summed E-state index contributed by atoms with van der Waals surface area (Å²) >= 11 is 0. The number of hydrogen-bond acceptors (Lipinski definition) is 4. The number of ether oxygens (including phenoxy) is 1. The second kappa shape index (κ2) is 12.2. The lowest BCUT2D eigenvalue weighted by atomic mass is 10.1. The van der Waals surface area contributed by atoms with Gasteiger partial charge in [0.2, 0.25) is 10.0 Å². The molecule has 0 aliphatic rings. The Morgan fingerprint density at radius 2 is 1.28 bits per heavy atom. The normalized spacial score (nSPS) is 11.1. The van der Waals surface area contributed by atoms with Crippen molar-refractivity contribution in [3.8, 4) is 5.75 Å². The van der Waals surface area contributed by atoms with E-state index in [1.165, 1.54) is 12.1 Å². The molecule has 0 spiro atoms. The molecule has 0 aliphatic heterocycles. The summed E-state index contributed by atoms with van der Waals surface area (Å²) in [6, 6.07) is 32.8. The number of carbonyl (C=O) groups excluding carboxylic acids is 1. The monoisotopic (exact) mass is 500 g/mol. The smallest absolute Gasteiger partial charge is 0.259 e. The van der Waals surface area contributed by atoms with Crippen LogP contribution in [0, 0.1) is 0 Å². The quantitative estimate of drug-likeness (QED) is 0.301. The zero-order chi connectivity index (χ0) is 25.2. The number of carbonyl (C=O) groups is 1. The van der Waals surface area contributed by atoms with Crippen molar-refractivity contribution >= 4 is 21.6 Å². The van der Waals surface area contributed by atoms with E-state index < -0.39 is 10.0 Å². The summed E-state index contributed by atoms with van der Waals surface area (Å²) in [6.07, 6.45) is 1.33. The van der Waals surface area contributed by atoms with Crippen molar-refractivity contribution in [1.82, 2.24) is 4.72 Å². The summed E-state index contributed by atoms with van der Waals surface area (Å²) in [5.41, 5.74) is 3.11. The van der Waals surface area contributed by atoms with Gasteiger partial charge in [-0.3, -0.25) is 4.79 Å². The van der Waals surface area contributed by atoms with E-state index in [0.29, 0.717) is 36.6 Å². The van der Waals surface area contributed by atoms with E-state index in [1.807, 2.05) is 66.7 Å². The lowest BCUT2D eigenvalue weighted by Crippen LogP contribution is -2.26. The molecule has 36 heavy (non-hydrogen) atoms. The highest BCUT2D eigenvalue weighted by Crippen LogP contribution is 2.21. The molecular weight excluding hydrogens is 472 g/mol. The molecule has 1 amide bonds. The minimum Gasteiger partial charge on any atom is -0.492 e. The molecular formula is C29H28N2O4S. The summed E-state index contributed by atoms with van der Waals surface area (Å²) < 4.78 is 33.7. The van der Waals surface area contributed by atoms with Gasteiger partial charge in [-0.25, -0.2) is 13.1 Å². The van der Waals surface area contributed by atoms with Gasteiger partial charge in [-0.15, -0.1) is 0 Å². The van der Waals surface area contributed by atoms with Crippen LogP contribution in [0.3, 0.4) is 0 Å². The van der Waals surface area contributed by atoms with Gasteiger partial charge >= 0.3 is 0 Å². The SMILES string of the molecule is O=C(Nc1ccc(S(=O)(=O)NCCc2ccccc2)cc1)c1ccccc1OCCc1ccccc1. The average molecular weight is 501 g/mol. The van der Waals surface area contributed by atoms with Crippen molar-refractivity contribution in [2.45, 2.75) is 17.7 Å². The van der Waals surface area contributed by atoms with Crippen molar-refractivity contribution < 1.29 is 17.9 Å². The van der Waals surface area contributed by atoms with E-state index >= 15 is 0 Å². The minimum absolute atomic E-state index is 0.137. The molecule has 4 aromatic carbocycles. The fourth-order valence-corrected chi connectivity index (χ4v) is 4.71. The number of rotatable bonds is 11. The fourth-order valence-electron chi connectivity index (χ4n) is 3.68. The molecule has 0 heterocycles. The predicted molar refractivity (Wildman–Crippen MR) is 142 cm³/mol. The van der Waals surface area contributed by atoms with E-state index in [9.17, 15) is 13.2 Å². The summed E-state index contributed by atoms with van der Waals surface area (Å²) in [4.78, 5) is 13.0. The highest BCUT2D eigenvalue weighted by Gasteiger charge is 2.15. The first-order valence-electron chi connectivity index (χ1n) is 11.7. The first-order chi connectivity index (χ1) is 17.5. The largest absolute Gasteiger partial charge is 0.492 e. The highest BCUT2D eigenvalue weighted by atomic mass is 32.2. The van der Waals surface area contributed by atoms with E-state index in [1.54, 1.807) is 30.3 Å². The van der Waals surface area contributed by atoms with Crippen LogP contribution in [0.2, 0.25) is 0 Å². The molecule has 6 nitrogen and oxygen atoms in total. The molecule has 4 rings (SSSR count). The number of hydrogen-bond donors (Lipinski definition) is 2. The molecule has 0 radical (unpaired) electrons. The van der Waals surface area contributed by atoms with E-state index in [4.69, 9.17) is 4.74 Å². The Hall–Kier alpha value is -3.94. The molecule has 0 atom stereocenters. The number of sulfonamides is 1. The summed E-state index contributed by atoms with van der Waals surface area (Å²) in [5, 5.41) is 2.82. The molecule has 0 bridgehead atoms. The van der Waals surface area contributed by atoms with Crippen LogP contribution >= 0.6 is 0 Å². The number of para-hydroxylation sites is 1. The third-order valence-corrected chi connectivity index (χ3v) is 7.07. The van der Waals surface area contributed by atoms with Crippen LogP contribution in [0.1, 0.15) is 21.5 Å². The first-order valence-corrected chi connectivity index (χ1v) is 13.2. The Morgan fingerprint density at radius 3 is 1.94 bits per heavy atom. The maximum Gasteiger partial charge on any atom is 0.259 e. The van der Waals surface area contributed by atoms with Crippen molar-refractivity contribution in [3.63, 3.8) is 0 Å². The molecule has 0 saturated carbocycles. The molecule has 0 unspecified atom stereocenters. The first kappa shape index (κ1) is 25.2. The Bertz CT molecular complexity index is 1370. The maximum absolute atomic E-state index is 12.9. The molecule has 0 aliphatic carbocycles. The van der Waals surface area contributed by atoms with Gasteiger partial charge in [-0.1, -0.05) is 72.8 Å². The van der Waals surface area contributed by atoms with E-state index in [0.717, 1.165) is 17.5 Å². The summed E-state index contributed by atoms with van der Waals surface area (Å²) in [6.45, 7) is 0.740. The maximum atomic E-state index is 12.9. The van der Waals surface area contributed by atoms with Gasteiger partial charge in [0.25, 0.3) is 5.91 Å². The number of anilines is 1. The van der Waals surface area contributed by atoms with E-state index in [2.05, 4.69) is 10.0 Å². The second-order valence-electron chi connectivity index (χ2n) is 8.19. The van der Waals surface area contributed by atoms with Gasteiger partial charge in [0.15, 0.2) is 0 Å². The van der Waals surface area contributed by atoms with Gasteiger partial charge < -0.3 is 10.1 Å². The zero-order valence-electron chi connectivity index (χ0n) is 19.8. The van der Waals surface area contributed by atoms with Crippen LogP contribution in [0.4, 0.5) is 5.69 Å².